The summed E-state index contributed by atoms with van der Waals surface area (Å²) in [6, 6.07) is 13.7. The lowest BCUT2D eigenvalue weighted by Gasteiger charge is -2.40. The molecular formula is C23H28N2O5. The summed E-state index contributed by atoms with van der Waals surface area (Å²) in [5.41, 5.74) is 2.09. The summed E-state index contributed by atoms with van der Waals surface area (Å²) in [5, 5.41) is 0. The van der Waals surface area contributed by atoms with Crippen LogP contribution >= 0.6 is 0 Å². The van der Waals surface area contributed by atoms with Gasteiger partial charge in [0.2, 0.25) is 5.88 Å². The van der Waals surface area contributed by atoms with Crippen LogP contribution < -0.4 is 9.64 Å². The highest BCUT2D eigenvalue weighted by molar-refractivity contribution is 5.87. The minimum atomic E-state index is -0.472. The van der Waals surface area contributed by atoms with Crippen molar-refractivity contribution in [2.75, 3.05) is 51.5 Å². The Balaban J connectivity index is 1.43. The number of aromatic nitrogens is 1. The maximum Gasteiger partial charge on any atom is 0.356 e. The van der Waals surface area contributed by atoms with E-state index in [0.717, 1.165) is 37.2 Å². The van der Waals surface area contributed by atoms with E-state index in [-0.39, 0.29) is 11.1 Å². The van der Waals surface area contributed by atoms with E-state index in [2.05, 4.69) is 9.88 Å². The molecule has 2 aliphatic rings. The molecule has 0 bridgehead atoms. The third kappa shape index (κ3) is 4.74. The summed E-state index contributed by atoms with van der Waals surface area (Å²) in [4.78, 5) is 18.7. The highest BCUT2D eigenvalue weighted by Crippen LogP contribution is 2.34. The Kier molecular flexibility index (Phi) is 6.50. The van der Waals surface area contributed by atoms with Crippen molar-refractivity contribution in [1.82, 2.24) is 4.98 Å². The number of benzene rings is 1. The second kappa shape index (κ2) is 9.45. The topological polar surface area (TPSA) is 70.1 Å². The molecule has 1 aromatic heterocycles. The molecule has 2 aromatic rings. The number of hydrogen-bond donors (Lipinski definition) is 0. The third-order valence-corrected chi connectivity index (χ3v) is 5.53. The van der Waals surface area contributed by atoms with Crippen LogP contribution in [0.3, 0.4) is 0 Å². The van der Waals surface area contributed by atoms with Gasteiger partial charge in [0.1, 0.15) is 6.61 Å². The number of ether oxygens (including phenoxy) is 4. The first kappa shape index (κ1) is 20.6. The first-order valence-electron chi connectivity index (χ1n) is 10.4. The summed E-state index contributed by atoms with van der Waals surface area (Å²) >= 11 is 0. The van der Waals surface area contributed by atoms with E-state index in [1.54, 1.807) is 6.07 Å². The summed E-state index contributed by atoms with van der Waals surface area (Å²) in [6.07, 6.45) is 2.28. The number of esters is 1. The van der Waals surface area contributed by atoms with Gasteiger partial charge in [-0.2, -0.15) is 0 Å². The van der Waals surface area contributed by atoms with Crippen LogP contribution in [0.1, 0.15) is 28.9 Å². The number of methoxy groups -OCH3 is 1. The van der Waals surface area contributed by atoms with Crippen LogP contribution in [0.25, 0.3) is 0 Å². The Morgan fingerprint density at radius 3 is 2.53 bits per heavy atom. The number of hydrogen-bond acceptors (Lipinski definition) is 7. The second-order valence-corrected chi connectivity index (χ2v) is 7.97. The molecule has 0 radical (unpaired) electrons. The number of nitrogens with zero attached hydrogens (tertiary/aromatic N) is 2. The average Bonchev–Trinajstić information content (AvgIpc) is 3.29. The van der Waals surface area contributed by atoms with E-state index in [1.807, 2.05) is 36.4 Å². The van der Waals surface area contributed by atoms with Gasteiger partial charge < -0.3 is 23.8 Å². The van der Waals surface area contributed by atoms with Gasteiger partial charge in [-0.3, -0.25) is 0 Å². The zero-order valence-electron chi connectivity index (χ0n) is 17.3. The van der Waals surface area contributed by atoms with Crippen LogP contribution in [0.15, 0.2) is 42.5 Å². The summed E-state index contributed by atoms with van der Waals surface area (Å²) < 4.78 is 22.4. The predicted molar refractivity (Wildman–Crippen MR) is 112 cm³/mol. The summed E-state index contributed by atoms with van der Waals surface area (Å²) in [6.45, 7) is 4.60. The molecule has 0 atom stereocenters. The Hall–Kier alpha value is -2.64. The van der Waals surface area contributed by atoms with Gasteiger partial charge >= 0.3 is 5.97 Å². The number of carbonyl (C=O) groups is 1. The van der Waals surface area contributed by atoms with Crippen LogP contribution in [0.5, 0.6) is 5.88 Å². The highest BCUT2D eigenvalue weighted by atomic mass is 16.5. The summed E-state index contributed by atoms with van der Waals surface area (Å²) in [7, 11) is 1.35. The van der Waals surface area contributed by atoms with Crippen molar-refractivity contribution in [1.29, 1.82) is 0 Å². The molecule has 7 nitrogen and oxygen atoms in total. The molecule has 1 aromatic carbocycles. The highest BCUT2D eigenvalue weighted by Gasteiger charge is 2.40. The van der Waals surface area contributed by atoms with Crippen molar-refractivity contribution >= 4 is 11.7 Å². The molecule has 2 aliphatic heterocycles. The summed E-state index contributed by atoms with van der Waals surface area (Å²) in [5.74, 6) is -0.00478. The van der Waals surface area contributed by atoms with Crippen molar-refractivity contribution in [3.05, 3.63) is 53.7 Å². The number of anilines is 1. The van der Waals surface area contributed by atoms with Crippen molar-refractivity contribution in [2.45, 2.75) is 19.4 Å². The van der Waals surface area contributed by atoms with Gasteiger partial charge in [0.25, 0.3) is 0 Å². The van der Waals surface area contributed by atoms with E-state index in [9.17, 15) is 4.79 Å². The lowest BCUT2D eigenvalue weighted by molar-refractivity contribution is -0.166. The van der Waals surface area contributed by atoms with E-state index >= 15 is 0 Å². The molecule has 0 spiro atoms. The normalized spacial score (nSPS) is 17.4. The predicted octanol–water partition coefficient (Wildman–Crippen LogP) is 3.08. The van der Waals surface area contributed by atoms with Crippen LogP contribution in [0.4, 0.5) is 5.69 Å². The fourth-order valence-corrected chi connectivity index (χ4v) is 3.74. The van der Waals surface area contributed by atoms with Gasteiger partial charge in [-0.05, 0) is 30.5 Å². The monoisotopic (exact) mass is 412 g/mol. The molecule has 3 heterocycles. The quantitative estimate of drug-likeness (QED) is 0.586. The molecule has 160 valence electrons. The van der Waals surface area contributed by atoms with E-state index < -0.39 is 5.97 Å². The standard InChI is InChI=1S/C23H28N2O5/c1-27-22(26)19-9-10-20(25-11-5-6-12-25)21(24-19)30-17-23(15-29-16-23)14-28-13-18-7-3-2-4-8-18/h2-4,7-10H,5-6,11-17H2,1H3. The van der Waals surface area contributed by atoms with Gasteiger partial charge in [0, 0.05) is 13.1 Å². The molecule has 30 heavy (non-hydrogen) atoms. The van der Waals surface area contributed by atoms with Crippen molar-refractivity contribution in [2.24, 2.45) is 5.41 Å². The number of rotatable bonds is 9. The zero-order valence-corrected chi connectivity index (χ0v) is 17.3. The Morgan fingerprint density at radius 2 is 1.87 bits per heavy atom. The van der Waals surface area contributed by atoms with E-state index in [0.29, 0.717) is 38.9 Å². The van der Waals surface area contributed by atoms with Crippen molar-refractivity contribution in [3.63, 3.8) is 0 Å². The Bertz CT molecular complexity index is 848. The lowest BCUT2D eigenvalue weighted by atomic mass is 9.88. The first-order valence-corrected chi connectivity index (χ1v) is 10.4. The molecule has 2 fully saturated rings. The first-order chi connectivity index (χ1) is 14.7. The molecule has 0 N–H and O–H groups in total. The van der Waals surface area contributed by atoms with Crippen molar-refractivity contribution in [3.8, 4) is 5.88 Å². The number of pyridine rings is 1. The molecule has 0 aliphatic carbocycles. The average molecular weight is 412 g/mol. The lowest BCUT2D eigenvalue weighted by Crippen LogP contribution is -2.50. The largest absolute Gasteiger partial charge is 0.475 e. The molecule has 0 amide bonds. The van der Waals surface area contributed by atoms with Crippen molar-refractivity contribution < 1.29 is 23.7 Å². The smallest absolute Gasteiger partial charge is 0.356 e. The fourth-order valence-electron chi connectivity index (χ4n) is 3.74. The van der Waals surface area contributed by atoms with Gasteiger partial charge in [0.15, 0.2) is 5.69 Å². The van der Waals surface area contributed by atoms with Crippen LogP contribution in [-0.2, 0) is 20.8 Å². The number of carbonyl (C=O) groups excluding carboxylic acids is 1. The van der Waals surface area contributed by atoms with Gasteiger partial charge in [-0.25, -0.2) is 9.78 Å². The SMILES string of the molecule is COC(=O)c1ccc(N2CCCC2)c(OCC2(COCc3ccccc3)COC2)n1. The van der Waals surface area contributed by atoms with Gasteiger partial charge in [0.05, 0.1) is 44.6 Å². The van der Waals surface area contributed by atoms with Crippen LogP contribution in [0, 0.1) is 5.41 Å². The molecule has 0 unspecified atom stereocenters. The van der Waals surface area contributed by atoms with Gasteiger partial charge in [-0.15, -0.1) is 0 Å². The molecule has 0 saturated carbocycles. The molecule has 7 heteroatoms. The van der Waals surface area contributed by atoms with E-state index in [1.165, 1.54) is 7.11 Å². The third-order valence-electron chi connectivity index (χ3n) is 5.53. The van der Waals surface area contributed by atoms with Crippen LogP contribution in [0.2, 0.25) is 0 Å². The molecular weight excluding hydrogens is 384 g/mol. The second-order valence-electron chi connectivity index (χ2n) is 7.97. The minimum absolute atomic E-state index is 0.208. The fraction of sp³-hybridized carbons (Fsp3) is 0.478. The Morgan fingerprint density at radius 1 is 1.10 bits per heavy atom. The molecule has 4 rings (SSSR count). The van der Waals surface area contributed by atoms with Crippen LogP contribution in [-0.4, -0.2) is 57.6 Å². The Labute approximate surface area is 176 Å². The minimum Gasteiger partial charge on any atom is -0.475 e. The maximum atomic E-state index is 11.9. The maximum absolute atomic E-state index is 11.9. The van der Waals surface area contributed by atoms with Gasteiger partial charge in [-0.1, -0.05) is 30.3 Å². The zero-order chi connectivity index (χ0) is 20.8. The van der Waals surface area contributed by atoms with E-state index in [4.69, 9.17) is 18.9 Å². The molecule has 2 saturated heterocycles.